The highest BCUT2D eigenvalue weighted by atomic mass is 16.5. The molecule has 2 atom stereocenters. The van der Waals surface area contributed by atoms with E-state index >= 15 is 0 Å². The fraction of sp³-hybridized carbons (Fsp3) is 0.333. The molecule has 2 rings (SSSR count). The molecule has 2 aromatic heterocycles. The molecule has 106 valence electrons. The van der Waals surface area contributed by atoms with Gasteiger partial charge in [0.15, 0.2) is 6.04 Å². The zero-order valence-corrected chi connectivity index (χ0v) is 10.8. The Bertz CT molecular complexity index is 664. The monoisotopic (exact) mass is 279 g/mol. The average molecular weight is 279 g/mol. The first-order chi connectivity index (χ1) is 9.40. The van der Waals surface area contributed by atoms with Gasteiger partial charge in [0.05, 0.1) is 22.7 Å². The maximum atomic E-state index is 12.0. The molecule has 20 heavy (non-hydrogen) atoms. The van der Waals surface area contributed by atoms with Crippen LogP contribution in [-0.4, -0.2) is 44.4 Å². The van der Waals surface area contributed by atoms with E-state index in [1.165, 1.54) is 19.2 Å². The van der Waals surface area contributed by atoms with E-state index in [0.29, 0.717) is 16.8 Å². The number of aromatic nitrogens is 2. The van der Waals surface area contributed by atoms with Gasteiger partial charge in [-0.25, -0.2) is 9.78 Å². The summed E-state index contributed by atoms with van der Waals surface area (Å²) in [5.41, 5.74) is 1.03. The molecule has 0 bridgehead atoms. The van der Waals surface area contributed by atoms with E-state index in [4.69, 9.17) is 9.63 Å². The van der Waals surface area contributed by atoms with Crippen molar-refractivity contribution in [3.63, 3.8) is 0 Å². The van der Waals surface area contributed by atoms with Crippen LogP contribution in [0.2, 0.25) is 0 Å². The lowest BCUT2D eigenvalue weighted by Gasteiger charge is -2.16. The van der Waals surface area contributed by atoms with E-state index < -0.39 is 24.0 Å². The molecule has 0 saturated heterocycles. The number of carbonyl (C=O) groups excluding carboxylic acids is 1. The number of hydrogen-bond donors (Lipinski definition) is 3. The van der Waals surface area contributed by atoms with Gasteiger partial charge in [0.25, 0.3) is 11.6 Å². The number of aliphatic hydroxyl groups is 1. The fourth-order valence-electron chi connectivity index (χ4n) is 1.68. The van der Waals surface area contributed by atoms with Gasteiger partial charge in [-0.1, -0.05) is 5.16 Å². The number of carbonyl (C=O) groups is 2. The highest BCUT2D eigenvalue weighted by Gasteiger charge is 2.25. The topological polar surface area (TPSA) is 126 Å². The van der Waals surface area contributed by atoms with Gasteiger partial charge in [0.2, 0.25) is 0 Å². The van der Waals surface area contributed by atoms with Crippen molar-refractivity contribution in [2.45, 2.75) is 26.0 Å². The molecule has 3 N–H and O–H groups in total. The third-order valence-electron chi connectivity index (χ3n) is 2.81. The first-order valence-corrected chi connectivity index (χ1v) is 5.84. The number of nitrogens with one attached hydrogen (secondary N) is 1. The summed E-state index contributed by atoms with van der Waals surface area (Å²) >= 11 is 0. The summed E-state index contributed by atoms with van der Waals surface area (Å²) < 4.78 is 4.91. The molecule has 0 saturated carbocycles. The molecule has 0 unspecified atom stereocenters. The van der Waals surface area contributed by atoms with E-state index in [-0.39, 0.29) is 5.56 Å². The second-order valence-electron chi connectivity index (χ2n) is 4.37. The lowest BCUT2D eigenvalue weighted by Crippen LogP contribution is -2.47. The van der Waals surface area contributed by atoms with E-state index in [9.17, 15) is 14.7 Å². The van der Waals surface area contributed by atoms with Gasteiger partial charge in [-0.15, -0.1) is 0 Å². The lowest BCUT2D eigenvalue weighted by atomic mass is 10.1. The second-order valence-corrected chi connectivity index (χ2v) is 4.37. The van der Waals surface area contributed by atoms with Crippen molar-refractivity contribution in [3.05, 3.63) is 23.5 Å². The van der Waals surface area contributed by atoms with Gasteiger partial charge >= 0.3 is 5.97 Å². The molecule has 8 heteroatoms. The summed E-state index contributed by atoms with van der Waals surface area (Å²) in [6.07, 6.45) is 0.0361. The number of carboxylic acid groups (broad SMARTS) is 1. The van der Waals surface area contributed by atoms with Crippen molar-refractivity contribution >= 4 is 23.0 Å². The third-order valence-corrected chi connectivity index (χ3v) is 2.81. The van der Waals surface area contributed by atoms with Crippen molar-refractivity contribution < 1.29 is 24.3 Å². The summed E-state index contributed by atoms with van der Waals surface area (Å²) in [5, 5.41) is 24.7. The molecular formula is C12H13N3O5. The van der Waals surface area contributed by atoms with Crippen molar-refractivity contribution in [1.29, 1.82) is 0 Å². The van der Waals surface area contributed by atoms with Crippen LogP contribution in [0.1, 0.15) is 23.0 Å². The summed E-state index contributed by atoms with van der Waals surface area (Å²) in [7, 11) is 0. The molecule has 8 nitrogen and oxygen atoms in total. The molecule has 1 amide bonds. The Morgan fingerprint density at radius 2 is 2.15 bits per heavy atom. The number of pyridine rings is 1. The Hall–Kier alpha value is -2.48. The van der Waals surface area contributed by atoms with E-state index in [1.807, 2.05) is 0 Å². The van der Waals surface area contributed by atoms with E-state index in [2.05, 4.69) is 15.5 Å². The van der Waals surface area contributed by atoms with Gasteiger partial charge in [0, 0.05) is 6.20 Å². The molecule has 0 aliphatic carbocycles. The molecule has 0 radical (unpaired) electrons. The number of rotatable bonds is 4. The predicted octanol–water partition coefficient (Wildman–Crippen LogP) is 0.0950. The number of aliphatic hydroxyl groups excluding tert-OH is 1. The van der Waals surface area contributed by atoms with Crippen LogP contribution in [0.15, 0.2) is 16.8 Å². The highest BCUT2D eigenvalue weighted by Crippen LogP contribution is 2.16. The minimum absolute atomic E-state index is 0.163. The molecule has 0 spiro atoms. The molecule has 0 aliphatic heterocycles. The molecular weight excluding hydrogens is 266 g/mol. The van der Waals surface area contributed by atoms with Crippen LogP contribution in [0, 0.1) is 6.92 Å². The van der Waals surface area contributed by atoms with Gasteiger partial charge in [-0.2, -0.15) is 0 Å². The normalized spacial score (nSPS) is 13.9. The van der Waals surface area contributed by atoms with Gasteiger partial charge < -0.3 is 20.1 Å². The van der Waals surface area contributed by atoms with Crippen LogP contribution >= 0.6 is 0 Å². The minimum Gasteiger partial charge on any atom is -0.480 e. The zero-order valence-electron chi connectivity index (χ0n) is 10.8. The first-order valence-electron chi connectivity index (χ1n) is 5.84. The SMILES string of the molecule is Cc1noc2ncc(C(=O)N[C@H](C(=O)O)[C@@H](C)O)cc12. The van der Waals surface area contributed by atoms with Crippen LogP contribution in [0.25, 0.3) is 11.1 Å². The Labute approximate surface area is 113 Å². The maximum absolute atomic E-state index is 12.0. The molecule has 0 aliphatic rings. The summed E-state index contributed by atoms with van der Waals surface area (Å²) in [6.45, 7) is 2.98. The smallest absolute Gasteiger partial charge is 0.328 e. The summed E-state index contributed by atoms with van der Waals surface area (Å²) in [5.74, 6) is -1.96. The second kappa shape index (κ2) is 5.25. The van der Waals surface area contributed by atoms with Gasteiger partial charge in [0.1, 0.15) is 0 Å². The number of aliphatic carboxylic acids is 1. The number of fused-ring (bicyclic) bond motifs is 1. The number of hydrogen-bond acceptors (Lipinski definition) is 6. The molecule has 2 aromatic rings. The van der Waals surface area contributed by atoms with Crippen molar-refractivity contribution in [1.82, 2.24) is 15.5 Å². The maximum Gasteiger partial charge on any atom is 0.328 e. The Morgan fingerprint density at radius 1 is 1.45 bits per heavy atom. The quantitative estimate of drug-likeness (QED) is 0.724. The van der Waals surface area contributed by atoms with Crippen molar-refractivity contribution in [2.75, 3.05) is 0 Å². The lowest BCUT2D eigenvalue weighted by molar-refractivity contribution is -0.141. The van der Waals surface area contributed by atoms with Crippen LogP contribution in [0.5, 0.6) is 0 Å². The minimum atomic E-state index is -1.39. The Kier molecular flexibility index (Phi) is 3.66. The fourth-order valence-corrected chi connectivity index (χ4v) is 1.68. The number of aryl methyl sites for hydroxylation is 1. The van der Waals surface area contributed by atoms with Crippen molar-refractivity contribution in [2.24, 2.45) is 0 Å². The van der Waals surface area contributed by atoms with E-state index in [0.717, 1.165) is 0 Å². The van der Waals surface area contributed by atoms with Gasteiger partial charge in [-0.05, 0) is 19.9 Å². The average Bonchev–Trinajstić information content (AvgIpc) is 2.76. The van der Waals surface area contributed by atoms with Crippen molar-refractivity contribution in [3.8, 4) is 0 Å². The first kappa shape index (κ1) is 13.9. The molecule has 0 fully saturated rings. The predicted molar refractivity (Wildman–Crippen MR) is 67.1 cm³/mol. The van der Waals surface area contributed by atoms with Gasteiger partial charge in [-0.3, -0.25) is 4.79 Å². The number of carboxylic acids is 1. The molecule has 2 heterocycles. The number of nitrogens with zero attached hydrogens (tertiary/aromatic N) is 2. The largest absolute Gasteiger partial charge is 0.480 e. The van der Waals surface area contributed by atoms with Crippen LogP contribution in [0.4, 0.5) is 0 Å². The third kappa shape index (κ3) is 2.59. The summed E-state index contributed by atoms with van der Waals surface area (Å²) in [6, 6.07) is 0.117. The Balaban J connectivity index is 2.26. The number of amides is 1. The summed E-state index contributed by atoms with van der Waals surface area (Å²) in [4.78, 5) is 26.8. The zero-order chi connectivity index (χ0) is 14.9. The van der Waals surface area contributed by atoms with Crippen LogP contribution < -0.4 is 5.32 Å². The molecule has 0 aromatic carbocycles. The Morgan fingerprint density at radius 3 is 2.75 bits per heavy atom. The van der Waals surface area contributed by atoms with E-state index in [1.54, 1.807) is 6.92 Å². The van der Waals surface area contributed by atoms with Crippen LogP contribution in [0.3, 0.4) is 0 Å². The van der Waals surface area contributed by atoms with Crippen LogP contribution in [-0.2, 0) is 4.79 Å². The standard InChI is InChI=1S/C12H13N3O5/c1-5-8-3-7(4-13-11(8)20-15-5)10(17)14-9(6(2)16)12(18)19/h3-4,6,9,16H,1-2H3,(H,14,17)(H,18,19)/t6-,9+/m1/s1. The highest BCUT2D eigenvalue weighted by molar-refractivity contribution is 5.98.